The summed E-state index contributed by atoms with van der Waals surface area (Å²) in [4.78, 5) is 0. The van der Waals surface area contributed by atoms with E-state index in [9.17, 15) is 0 Å². The Balaban J connectivity index is 2.44. The smallest absolute Gasteiger partial charge is 0.150 e. The number of rotatable bonds is 3. The summed E-state index contributed by atoms with van der Waals surface area (Å²) in [6, 6.07) is 8.59. The maximum absolute atomic E-state index is 6.13. The number of alkyl halides is 1. The van der Waals surface area contributed by atoms with Crippen molar-refractivity contribution < 1.29 is 4.74 Å². The second kappa shape index (κ2) is 6.55. The van der Waals surface area contributed by atoms with E-state index in [4.69, 9.17) is 51.1 Å². The fourth-order valence-corrected chi connectivity index (χ4v) is 2.72. The monoisotopic (exact) mass is 398 g/mol. The quantitative estimate of drug-likeness (QED) is 0.398. The minimum absolute atomic E-state index is 0.369. The minimum atomic E-state index is 0.369. The van der Waals surface area contributed by atoms with Gasteiger partial charge in [0, 0.05) is 17.0 Å². The Morgan fingerprint density at radius 2 is 1.58 bits per heavy atom. The van der Waals surface area contributed by atoms with Gasteiger partial charge < -0.3 is 4.74 Å². The van der Waals surface area contributed by atoms with Gasteiger partial charge in [0.15, 0.2) is 0 Å². The van der Waals surface area contributed by atoms with Gasteiger partial charge in [-0.1, -0.05) is 74.5 Å². The summed E-state index contributed by atoms with van der Waals surface area (Å²) in [5, 5.41) is 2.23. The van der Waals surface area contributed by atoms with Gasteiger partial charge in [-0.05, 0) is 12.1 Å². The van der Waals surface area contributed by atoms with Crippen molar-refractivity contribution >= 4 is 62.3 Å². The van der Waals surface area contributed by atoms with E-state index in [-0.39, 0.29) is 0 Å². The summed E-state index contributed by atoms with van der Waals surface area (Å²) in [7, 11) is 0. The van der Waals surface area contributed by atoms with Gasteiger partial charge >= 0.3 is 0 Å². The summed E-state index contributed by atoms with van der Waals surface area (Å²) in [6.45, 7) is 0. The third-order valence-electron chi connectivity index (χ3n) is 2.38. The molecule has 0 N–H and O–H groups in total. The largest absolute Gasteiger partial charge is 0.454 e. The van der Waals surface area contributed by atoms with Gasteiger partial charge in [-0.25, -0.2) is 0 Å². The highest BCUT2D eigenvalue weighted by molar-refractivity contribution is 9.08. The number of hydrogen-bond acceptors (Lipinski definition) is 1. The molecule has 2 aromatic rings. The zero-order valence-electron chi connectivity index (χ0n) is 9.39. The molecule has 19 heavy (non-hydrogen) atoms. The molecule has 0 aliphatic carbocycles. The van der Waals surface area contributed by atoms with Crippen LogP contribution in [0.1, 0.15) is 5.56 Å². The third-order valence-corrected chi connectivity index (χ3v) is 4.30. The molecule has 0 amide bonds. The fourth-order valence-electron chi connectivity index (χ4n) is 1.47. The van der Waals surface area contributed by atoms with Crippen LogP contribution in [0.2, 0.25) is 20.1 Å². The van der Waals surface area contributed by atoms with Crippen molar-refractivity contribution in [3.63, 3.8) is 0 Å². The molecule has 0 heterocycles. The summed E-state index contributed by atoms with van der Waals surface area (Å²) in [5.41, 5.74) is 0.912. The van der Waals surface area contributed by atoms with Crippen LogP contribution in [0.25, 0.3) is 0 Å². The molecule has 100 valence electrons. The Morgan fingerprint density at radius 1 is 0.895 bits per heavy atom. The van der Waals surface area contributed by atoms with Crippen molar-refractivity contribution in [1.82, 2.24) is 0 Å². The van der Waals surface area contributed by atoms with E-state index in [1.807, 2.05) is 12.1 Å². The maximum Gasteiger partial charge on any atom is 0.150 e. The van der Waals surface area contributed by atoms with Crippen LogP contribution in [0.4, 0.5) is 0 Å². The molecule has 0 atom stereocenters. The van der Waals surface area contributed by atoms with Crippen molar-refractivity contribution in [2.45, 2.75) is 5.33 Å². The van der Waals surface area contributed by atoms with Gasteiger partial charge in [0.2, 0.25) is 0 Å². The molecule has 6 heteroatoms. The Hall–Kier alpha value is -0.120. The highest BCUT2D eigenvalue weighted by Crippen LogP contribution is 2.40. The lowest BCUT2D eigenvalue weighted by Crippen LogP contribution is -1.91. The minimum Gasteiger partial charge on any atom is -0.454 e. The molecule has 0 bridgehead atoms. The topological polar surface area (TPSA) is 9.23 Å². The van der Waals surface area contributed by atoms with E-state index >= 15 is 0 Å². The van der Waals surface area contributed by atoms with E-state index in [0.29, 0.717) is 36.9 Å². The van der Waals surface area contributed by atoms with Gasteiger partial charge in [-0.15, -0.1) is 0 Å². The first-order valence-electron chi connectivity index (χ1n) is 5.18. The maximum atomic E-state index is 6.13. The predicted octanol–water partition coefficient (Wildman–Crippen LogP) is 6.99. The van der Waals surface area contributed by atoms with Gasteiger partial charge in [0.05, 0.1) is 20.1 Å². The molecular weight excluding hydrogens is 394 g/mol. The Labute approximate surface area is 139 Å². The molecule has 0 radical (unpaired) electrons. The molecule has 2 rings (SSSR count). The van der Waals surface area contributed by atoms with E-state index in [2.05, 4.69) is 15.9 Å². The molecule has 0 unspecified atom stereocenters. The lowest BCUT2D eigenvalue weighted by atomic mass is 10.2. The van der Waals surface area contributed by atoms with Gasteiger partial charge in [0.1, 0.15) is 11.5 Å². The Morgan fingerprint density at radius 3 is 2.26 bits per heavy atom. The molecule has 0 aliphatic heterocycles. The molecule has 0 spiro atoms. The van der Waals surface area contributed by atoms with Crippen LogP contribution in [0, 0.1) is 0 Å². The molecule has 0 fully saturated rings. The molecule has 2 aromatic carbocycles. The third kappa shape index (κ3) is 3.50. The molecule has 0 aliphatic rings. The van der Waals surface area contributed by atoms with Crippen molar-refractivity contribution in [2.75, 3.05) is 0 Å². The second-order valence-electron chi connectivity index (χ2n) is 3.66. The Kier molecular flexibility index (Phi) is 5.27. The lowest BCUT2D eigenvalue weighted by Gasteiger charge is -2.13. The van der Waals surface area contributed by atoms with Crippen molar-refractivity contribution in [3.8, 4) is 11.5 Å². The predicted molar refractivity (Wildman–Crippen MR) is 85.6 cm³/mol. The highest BCUT2D eigenvalue weighted by atomic mass is 79.9. The van der Waals surface area contributed by atoms with Crippen LogP contribution >= 0.6 is 62.3 Å². The molecular formula is C13H7BrCl4O. The average Bonchev–Trinajstić information content (AvgIpc) is 2.38. The fraction of sp³-hybridized carbons (Fsp3) is 0.0769. The lowest BCUT2D eigenvalue weighted by molar-refractivity contribution is 0.479. The normalized spacial score (nSPS) is 10.6. The molecule has 1 nitrogen and oxygen atoms in total. The van der Waals surface area contributed by atoms with Crippen molar-refractivity contribution in [3.05, 3.63) is 56.0 Å². The van der Waals surface area contributed by atoms with E-state index in [1.165, 1.54) is 6.07 Å². The van der Waals surface area contributed by atoms with Crippen molar-refractivity contribution in [1.29, 1.82) is 0 Å². The number of ether oxygens (including phenoxy) is 1. The van der Waals surface area contributed by atoms with Crippen LogP contribution < -0.4 is 4.74 Å². The number of halogens is 5. The first-order chi connectivity index (χ1) is 9.02. The SMILES string of the molecule is Clc1cc(Cl)c(Oc2c(Cl)cccc2CBr)cc1Cl. The van der Waals surface area contributed by atoms with Gasteiger partial charge in [-0.2, -0.15) is 0 Å². The van der Waals surface area contributed by atoms with Gasteiger partial charge in [0.25, 0.3) is 0 Å². The molecule has 0 saturated carbocycles. The first-order valence-corrected chi connectivity index (χ1v) is 7.82. The van der Waals surface area contributed by atoms with E-state index in [0.717, 1.165) is 5.56 Å². The first kappa shape index (κ1) is 15.3. The number of benzene rings is 2. The van der Waals surface area contributed by atoms with Crippen LogP contribution in [-0.4, -0.2) is 0 Å². The number of hydrogen-bond donors (Lipinski definition) is 0. The number of para-hydroxylation sites is 1. The van der Waals surface area contributed by atoms with Crippen LogP contribution in [0.5, 0.6) is 11.5 Å². The zero-order chi connectivity index (χ0) is 14.0. The van der Waals surface area contributed by atoms with Crippen LogP contribution in [0.3, 0.4) is 0 Å². The summed E-state index contributed by atoms with van der Waals surface area (Å²) >= 11 is 27.4. The highest BCUT2D eigenvalue weighted by Gasteiger charge is 2.13. The summed E-state index contributed by atoms with van der Waals surface area (Å²) in [5.74, 6) is 0.952. The summed E-state index contributed by atoms with van der Waals surface area (Å²) in [6.07, 6.45) is 0. The van der Waals surface area contributed by atoms with Crippen molar-refractivity contribution in [2.24, 2.45) is 0 Å². The van der Waals surface area contributed by atoms with Crippen LogP contribution in [0.15, 0.2) is 30.3 Å². The second-order valence-corrected chi connectivity index (χ2v) is 5.85. The zero-order valence-corrected chi connectivity index (χ0v) is 14.0. The van der Waals surface area contributed by atoms with Crippen LogP contribution in [-0.2, 0) is 5.33 Å². The van der Waals surface area contributed by atoms with E-state index < -0.39 is 0 Å². The van der Waals surface area contributed by atoms with Gasteiger partial charge in [-0.3, -0.25) is 0 Å². The van der Waals surface area contributed by atoms with E-state index in [1.54, 1.807) is 12.1 Å². The summed E-state index contributed by atoms with van der Waals surface area (Å²) < 4.78 is 5.76. The molecule has 0 aromatic heterocycles. The Bertz CT molecular complexity index is 616. The average molecular weight is 401 g/mol. The molecule has 0 saturated heterocycles. The standard InChI is InChI=1S/C13H7BrCl4O/c14-6-7-2-1-3-8(15)13(7)19-12-5-10(17)9(16)4-11(12)18/h1-5H,6H2.